The number of hydrogen-bond acceptors (Lipinski definition) is 4. The first-order valence-corrected chi connectivity index (χ1v) is 8.60. The molecule has 0 aliphatic rings. The van der Waals surface area contributed by atoms with Crippen LogP contribution in [-0.2, 0) is 16.6 Å². The van der Waals surface area contributed by atoms with Gasteiger partial charge in [0.05, 0.1) is 12.3 Å². The molecule has 2 rings (SSSR count). The average molecular weight is 308 g/mol. The molecule has 2 aromatic rings. The van der Waals surface area contributed by atoms with Crippen LogP contribution in [0.5, 0.6) is 0 Å². The molecule has 0 saturated heterocycles. The van der Waals surface area contributed by atoms with Crippen LogP contribution in [0.3, 0.4) is 0 Å². The lowest BCUT2D eigenvalue weighted by Gasteiger charge is -2.05. The van der Waals surface area contributed by atoms with Gasteiger partial charge in [0.2, 0.25) is 10.0 Å². The third-order valence-electron chi connectivity index (χ3n) is 3.14. The number of nitrogens with one attached hydrogen (secondary N) is 1. The van der Waals surface area contributed by atoms with Crippen LogP contribution in [0, 0.1) is 6.92 Å². The topological polar surface area (TPSA) is 76.9 Å². The summed E-state index contributed by atoms with van der Waals surface area (Å²) in [5.41, 5.74) is 2.29. The highest BCUT2D eigenvalue weighted by atomic mass is 32.2. The van der Waals surface area contributed by atoms with E-state index in [2.05, 4.69) is 14.8 Å². The molecule has 0 atom stereocenters. The van der Waals surface area contributed by atoms with Crippen LogP contribution in [-0.4, -0.2) is 28.9 Å². The summed E-state index contributed by atoms with van der Waals surface area (Å²) in [7, 11) is -3.35. The summed E-state index contributed by atoms with van der Waals surface area (Å²) in [4.78, 5) is 4.00. The molecule has 1 aromatic carbocycles. The molecule has 0 aliphatic heterocycles. The van der Waals surface area contributed by atoms with Gasteiger partial charge in [0.25, 0.3) is 5.95 Å². The first-order chi connectivity index (χ1) is 10.00. The molecule has 0 aliphatic carbocycles. The summed E-state index contributed by atoms with van der Waals surface area (Å²) >= 11 is 0. The van der Waals surface area contributed by atoms with Crippen molar-refractivity contribution in [3.8, 4) is 0 Å². The minimum absolute atomic E-state index is 0.0931. The molecule has 0 unspecified atom stereocenters. The zero-order valence-electron chi connectivity index (χ0n) is 12.3. The Balaban J connectivity index is 2.03. The summed E-state index contributed by atoms with van der Waals surface area (Å²) in [6, 6.07) is 7.99. The minimum Gasteiger partial charge on any atom is -0.250 e. The molecule has 0 fully saturated rings. The van der Waals surface area contributed by atoms with Crippen LogP contribution in [0.4, 0.5) is 5.95 Å². The number of aromatic nitrogens is 3. The van der Waals surface area contributed by atoms with E-state index in [0.29, 0.717) is 13.0 Å². The van der Waals surface area contributed by atoms with Crippen molar-refractivity contribution in [1.29, 1.82) is 0 Å². The molecule has 1 heterocycles. The normalized spacial score (nSPS) is 11.5. The molecular weight excluding hydrogens is 288 g/mol. The molecule has 0 saturated carbocycles. The lowest BCUT2D eigenvalue weighted by molar-refractivity contribution is 0.597. The van der Waals surface area contributed by atoms with Crippen LogP contribution in [0.2, 0.25) is 0 Å². The maximum Gasteiger partial charge on any atom is 0.255 e. The van der Waals surface area contributed by atoms with Crippen LogP contribution in [0.1, 0.15) is 30.9 Å². The van der Waals surface area contributed by atoms with Gasteiger partial charge < -0.3 is 0 Å². The third kappa shape index (κ3) is 4.56. The Morgan fingerprint density at radius 3 is 2.76 bits per heavy atom. The molecule has 0 spiro atoms. The van der Waals surface area contributed by atoms with Gasteiger partial charge in [-0.05, 0) is 24.5 Å². The van der Waals surface area contributed by atoms with Crippen molar-refractivity contribution in [2.45, 2.75) is 33.2 Å². The van der Waals surface area contributed by atoms with Crippen LogP contribution in [0.15, 0.2) is 30.6 Å². The molecule has 1 N–H and O–H groups in total. The number of nitrogens with zero attached hydrogens (tertiary/aromatic N) is 3. The Bertz CT molecular complexity index is 695. The maximum absolute atomic E-state index is 11.8. The van der Waals surface area contributed by atoms with Crippen LogP contribution < -0.4 is 4.72 Å². The van der Waals surface area contributed by atoms with Crippen molar-refractivity contribution >= 4 is 16.0 Å². The summed E-state index contributed by atoms with van der Waals surface area (Å²) in [5.74, 6) is 0.218. The molecule has 0 amide bonds. The van der Waals surface area contributed by atoms with Crippen molar-refractivity contribution in [3.63, 3.8) is 0 Å². The molecular formula is C14H20N4O2S. The van der Waals surface area contributed by atoms with E-state index in [4.69, 9.17) is 0 Å². The van der Waals surface area contributed by atoms with Crippen molar-refractivity contribution in [2.75, 3.05) is 10.5 Å². The predicted molar refractivity (Wildman–Crippen MR) is 82.6 cm³/mol. The Morgan fingerprint density at radius 2 is 2.05 bits per heavy atom. The summed E-state index contributed by atoms with van der Waals surface area (Å²) in [5, 5.41) is 4.16. The number of rotatable bonds is 7. The first-order valence-electron chi connectivity index (χ1n) is 6.94. The van der Waals surface area contributed by atoms with Gasteiger partial charge in [-0.25, -0.2) is 17.8 Å². The Morgan fingerprint density at radius 1 is 1.29 bits per heavy atom. The number of anilines is 1. The van der Waals surface area contributed by atoms with E-state index in [1.807, 2.05) is 38.1 Å². The van der Waals surface area contributed by atoms with E-state index in [1.165, 1.54) is 6.33 Å². The second kappa shape index (κ2) is 6.71. The lowest BCUT2D eigenvalue weighted by Crippen LogP contribution is -2.17. The van der Waals surface area contributed by atoms with Gasteiger partial charge in [-0.1, -0.05) is 37.6 Å². The van der Waals surface area contributed by atoms with Gasteiger partial charge in [0.15, 0.2) is 0 Å². The highest BCUT2D eigenvalue weighted by molar-refractivity contribution is 7.92. The molecule has 114 valence electrons. The maximum atomic E-state index is 11.8. The van der Waals surface area contributed by atoms with E-state index >= 15 is 0 Å². The molecule has 21 heavy (non-hydrogen) atoms. The molecule has 0 bridgehead atoms. The fourth-order valence-corrected chi connectivity index (χ4v) is 3.05. The van der Waals surface area contributed by atoms with Crippen LogP contribution >= 0.6 is 0 Å². The lowest BCUT2D eigenvalue weighted by atomic mass is 10.1. The Hall–Kier alpha value is -1.89. The molecule has 6 nitrogen and oxygen atoms in total. The number of sulfonamides is 1. The Kier molecular flexibility index (Phi) is 4.95. The monoisotopic (exact) mass is 308 g/mol. The molecule has 7 heteroatoms. The zero-order chi connectivity index (χ0) is 15.3. The highest BCUT2D eigenvalue weighted by Gasteiger charge is 2.12. The van der Waals surface area contributed by atoms with E-state index in [0.717, 1.165) is 17.5 Å². The number of aryl methyl sites for hydroxylation is 1. The average Bonchev–Trinajstić information content (AvgIpc) is 2.86. The van der Waals surface area contributed by atoms with E-state index in [9.17, 15) is 8.42 Å². The zero-order valence-corrected chi connectivity index (χ0v) is 13.1. The SMILES string of the molecule is CCCCS(=O)(=O)Nc1ncn(Cc2ccccc2C)n1. The standard InChI is InChI=1S/C14H20N4O2S/c1-3-4-9-21(19,20)17-14-15-11-18(16-14)10-13-8-6-5-7-12(13)2/h5-8,11H,3-4,9-10H2,1-2H3,(H,16,17). The fraction of sp³-hybridized carbons (Fsp3) is 0.429. The van der Waals surface area contributed by atoms with Crippen LogP contribution in [0.25, 0.3) is 0 Å². The van der Waals surface area contributed by atoms with Crippen molar-refractivity contribution in [1.82, 2.24) is 14.8 Å². The van der Waals surface area contributed by atoms with Gasteiger partial charge in [0, 0.05) is 0 Å². The van der Waals surface area contributed by atoms with E-state index in [1.54, 1.807) is 4.68 Å². The summed E-state index contributed by atoms with van der Waals surface area (Å²) < 4.78 is 27.6. The minimum atomic E-state index is -3.35. The number of hydrogen-bond donors (Lipinski definition) is 1. The first kappa shape index (κ1) is 15.5. The summed E-state index contributed by atoms with van der Waals surface area (Å²) in [6.45, 7) is 4.54. The van der Waals surface area contributed by atoms with Gasteiger partial charge >= 0.3 is 0 Å². The predicted octanol–water partition coefficient (Wildman–Crippen LogP) is 2.18. The third-order valence-corrected chi connectivity index (χ3v) is 4.46. The quantitative estimate of drug-likeness (QED) is 0.850. The van der Waals surface area contributed by atoms with Gasteiger partial charge in [-0.15, -0.1) is 5.10 Å². The van der Waals surface area contributed by atoms with Crippen molar-refractivity contribution in [3.05, 3.63) is 41.7 Å². The number of unbranched alkanes of at least 4 members (excludes halogenated alkanes) is 1. The van der Waals surface area contributed by atoms with Crippen molar-refractivity contribution in [2.24, 2.45) is 0 Å². The fourth-order valence-electron chi connectivity index (χ4n) is 1.90. The Labute approximate surface area is 125 Å². The van der Waals surface area contributed by atoms with Gasteiger partial charge in [0.1, 0.15) is 6.33 Å². The number of benzene rings is 1. The van der Waals surface area contributed by atoms with E-state index in [-0.39, 0.29) is 11.7 Å². The smallest absolute Gasteiger partial charge is 0.250 e. The second-order valence-electron chi connectivity index (χ2n) is 4.97. The van der Waals surface area contributed by atoms with E-state index < -0.39 is 10.0 Å². The van der Waals surface area contributed by atoms with Crippen molar-refractivity contribution < 1.29 is 8.42 Å². The molecule has 0 radical (unpaired) electrons. The summed E-state index contributed by atoms with van der Waals surface area (Å²) in [6.07, 6.45) is 2.99. The highest BCUT2D eigenvalue weighted by Crippen LogP contribution is 2.10. The van der Waals surface area contributed by atoms with Gasteiger partial charge in [-0.3, -0.25) is 0 Å². The largest absolute Gasteiger partial charge is 0.255 e. The molecule has 1 aromatic heterocycles. The van der Waals surface area contributed by atoms with Gasteiger partial charge in [-0.2, -0.15) is 4.98 Å². The second-order valence-corrected chi connectivity index (χ2v) is 6.81.